The van der Waals surface area contributed by atoms with Crippen molar-refractivity contribution in [1.29, 1.82) is 0 Å². The summed E-state index contributed by atoms with van der Waals surface area (Å²) in [6, 6.07) is 2.50. The molecular formula is C5H5NS. The molecule has 0 aromatic carbocycles. The van der Waals surface area contributed by atoms with Crippen LogP contribution in [0.25, 0.3) is 0 Å². The van der Waals surface area contributed by atoms with E-state index in [-0.39, 0.29) is 0 Å². The first-order valence-corrected chi connectivity index (χ1v) is 2.82. The summed E-state index contributed by atoms with van der Waals surface area (Å²) in [6.45, 7) is 0.890. The summed E-state index contributed by atoms with van der Waals surface area (Å²) in [6.07, 6.45) is 7.08. The highest BCUT2D eigenvalue weighted by Gasteiger charge is 1.98. The van der Waals surface area contributed by atoms with Crippen LogP contribution in [0.1, 0.15) is 0 Å². The molecule has 1 aliphatic rings. The molecule has 0 bridgehead atoms. The summed E-state index contributed by atoms with van der Waals surface area (Å²) in [7, 11) is 0. The van der Waals surface area contributed by atoms with Gasteiger partial charge in [-0.05, 0) is 17.4 Å². The molecule has 0 unspecified atom stereocenters. The molecule has 0 fully saturated rings. The normalized spacial score (nSPS) is 17.3. The summed E-state index contributed by atoms with van der Waals surface area (Å²) in [4.78, 5) is 0. The van der Waals surface area contributed by atoms with Gasteiger partial charge < -0.3 is 0 Å². The van der Waals surface area contributed by atoms with Crippen molar-refractivity contribution in [3.05, 3.63) is 11.5 Å². The molecule has 0 radical (unpaired) electrons. The number of nitrogens with zero attached hydrogens (tertiary/aromatic N) is 1. The number of terminal acetylenes is 1. The van der Waals surface area contributed by atoms with Gasteiger partial charge in [0.25, 0.3) is 0 Å². The van der Waals surface area contributed by atoms with E-state index >= 15 is 0 Å². The SMILES string of the molecule is C#CN1CC=CS1. The highest BCUT2D eigenvalue weighted by atomic mass is 32.2. The topological polar surface area (TPSA) is 3.24 Å². The number of hydrogen-bond donors (Lipinski definition) is 0. The van der Waals surface area contributed by atoms with Crippen molar-refractivity contribution in [2.75, 3.05) is 6.54 Å². The molecule has 0 atom stereocenters. The van der Waals surface area contributed by atoms with Gasteiger partial charge >= 0.3 is 0 Å². The van der Waals surface area contributed by atoms with Crippen LogP contribution in [-0.4, -0.2) is 10.8 Å². The molecule has 1 aliphatic heterocycles. The first kappa shape index (κ1) is 4.61. The second-order valence-electron chi connectivity index (χ2n) is 1.17. The lowest BCUT2D eigenvalue weighted by Gasteiger charge is -2.01. The smallest absolute Gasteiger partial charge is 0.0573 e. The molecule has 0 amide bonds. The zero-order chi connectivity index (χ0) is 5.11. The standard InChI is InChI=1S/C5H5NS/c1-2-6-4-3-5-7-6/h1,3,5H,4H2. The minimum Gasteiger partial charge on any atom is -0.268 e. The summed E-state index contributed by atoms with van der Waals surface area (Å²) >= 11 is 1.56. The molecule has 1 rings (SSSR count). The third kappa shape index (κ3) is 0.908. The van der Waals surface area contributed by atoms with Crippen molar-refractivity contribution in [3.63, 3.8) is 0 Å². The van der Waals surface area contributed by atoms with Crippen LogP contribution in [-0.2, 0) is 0 Å². The lowest BCUT2D eigenvalue weighted by atomic mass is 10.6. The third-order valence-corrected chi connectivity index (χ3v) is 1.52. The van der Waals surface area contributed by atoms with E-state index in [9.17, 15) is 0 Å². The first-order valence-electron chi connectivity index (χ1n) is 1.99. The van der Waals surface area contributed by atoms with Gasteiger partial charge in [-0.3, -0.25) is 4.31 Å². The van der Waals surface area contributed by atoms with Crippen LogP contribution in [0.5, 0.6) is 0 Å². The van der Waals surface area contributed by atoms with Crippen molar-refractivity contribution < 1.29 is 0 Å². The van der Waals surface area contributed by atoms with Gasteiger partial charge in [-0.15, -0.1) is 0 Å². The van der Waals surface area contributed by atoms with Gasteiger partial charge in [0.1, 0.15) is 0 Å². The Bertz CT molecular complexity index is 115. The lowest BCUT2D eigenvalue weighted by molar-refractivity contribution is 0.753. The fraction of sp³-hybridized carbons (Fsp3) is 0.200. The van der Waals surface area contributed by atoms with Gasteiger partial charge in [-0.2, -0.15) is 0 Å². The molecule has 0 aliphatic carbocycles. The lowest BCUT2D eigenvalue weighted by Crippen LogP contribution is -2.00. The fourth-order valence-corrected chi connectivity index (χ4v) is 0.933. The van der Waals surface area contributed by atoms with Gasteiger partial charge in [0, 0.05) is 6.04 Å². The molecule has 0 aromatic heterocycles. The van der Waals surface area contributed by atoms with E-state index in [4.69, 9.17) is 6.42 Å². The van der Waals surface area contributed by atoms with Crippen molar-refractivity contribution in [3.8, 4) is 12.5 Å². The summed E-state index contributed by atoms with van der Waals surface area (Å²) in [5, 5.41) is 1.99. The molecular weight excluding hydrogens is 106 g/mol. The van der Waals surface area contributed by atoms with E-state index < -0.39 is 0 Å². The highest BCUT2D eigenvalue weighted by molar-refractivity contribution is 8.00. The van der Waals surface area contributed by atoms with Gasteiger partial charge in [0.2, 0.25) is 0 Å². The van der Waals surface area contributed by atoms with E-state index in [0.29, 0.717) is 0 Å². The fourth-order valence-electron chi connectivity index (χ4n) is 0.381. The van der Waals surface area contributed by atoms with Crippen molar-refractivity contribution in [2.24, 2.45) is 0 Å². The third-order valence-electron chi connectivity index (χ3n) is 0.700. The van der Waals surface area contributed by atoms with Gasteiger partial charge in [0.05, 0.1) is 6.54 Å². The van der Waals surface area contributed by atoms with Gasteiger partial charge in [-0.1, -0.05) is 12.5 Å². The average Bonchev–Trinajstić information content (AvgIpc) is 2.14. The van der Waals surface area contributed by atoms with E-state index in [0.717, 1.165) is 6.54 Å². The van der Waals surface area contributed by atoms with Crippen LogP contribution in [0.15, 0.2) is 11.5 Å². The predicted octanol–water partition coefficient (Wildman–Crippen LogP) is 1.05. The van der Waals surface area contributed by atoms with Crippen LogP contribution in [0.4, 0.5) is 0 Å². The van der Waals surface area contributed by atoms with Gasteiger partial charge in [-0.25, -0.2) is 0 Å². The number of hydrogen-bond acceptors (Lipinski definition) is 2. The van der Waals surface area contributed by atoms with Crippen molar-refractivity contribution >= 4 is 11.9 Å². The molecule has 0 saturated heterocycles. The quantitative estimate of drug-likeness (QED) is 0.339. The molecule has 0 aromatic rings. The van der Waals surface area contributed by atoms with Crippen LogP contribution in [0.3, 0.4) is 0 Å². The predicted molar refractivity (Wildman–Crippen MR) is 32.3 cm³/mol. The van der Waals surface area contributed by atoms with E-state index in [1.165, 1.54) is 0 Å². The van der Waals surface area contributed by atoms with E-state index in [2.05, 4.69) is 6.04 Å². The Balaban J connectivity index is 2.39. The Hall–Kier alpha value is -0.550. The van der Waals surface area contributed by atoms with Crippen LogP contribution in [0, 0.1) is 12.5 Å². The Morgan fingerprint density at radius 2 is 2.71 bits per heavy atom. The van der Waals surface area contributed by atoms with Crippen molar-refractivity contribution in [2.45, 2.75) is 0 Å². The molecule has 1 nitrogen and oxygen atoms in total. The van der Waals surface area contributed by atoms with E-state index in [1.54, 1.807) is 11.9 Å². The van der Waals surface area contributed by atoms with E-state index in [1.807, 2.05) is 15.8 Å². The molecule has 7 heavy (non-hydrogen) atoms. The highest BCUT2D eigenvalue weighted by Crippen LogP contribution is 2.15. The summed E-state index contributed by atoms with van der Waals surface area (Å²) in [5.74, 6) is 0. The van der Waals surface area contributed by atoms with Gasteiger partial charge in [0.15, 0.2) is 0 Å². The Morgan fingerprint density at radius 3 is 3.00 bits per heavy atom. The monoisotopic (exact) mass is 111 g/mol. The summed E-state index contributed by atoms with van der Waals surface area (Å²) in [5.41, 5.74) is 0. The zero-order valence-electron chi connectivity index (χ0n) is 3.79. The minimum atomic E-state index is 0.890. The maximum absolute atomic E-state index is 5.05. The average molecular weight is 111 g/mol. The summed E-state index contributed by atoms with van der Waals surface area (Å²) < 4.78 is 1.82. The second kappa shape index (κ2) is 1.94. The van der Waals surface area contributed by atoms with Crippen LogP contribution >= 0.6 is 11.9 Å². The maximum atomic E-state index is 5.05. The van der Waals surface area contributed by atoms with Crippen LogP contribution in [0.2, 0.25) is 0 Å². The molecule has 0 N–H and O–H groups in total. The Morgan fingerprint density at radius 1 is 1.86 bits per heavy atom. The second-order valence-corrected chi connectivity index (χ2v) is 2.09. The number of rotatable bonds is 0. The van der Waals surface area contributed by atoms with Crippen LogP contribution < -0.4 is 0 Å². The first-order chi connectivity index (χ1) is 3.43. The van der Waals surface area contributed by atoms with Crippen molar-refractivity contribution in [1.82, 2.24) is 4.31 Å². The molecule has 0 saturated carbocycles. The molecule has 0 spiro atoms. The Kier molecular flexibility index (Phi) is 1.28. The maximum Gasteiger partial charge on any atom is 0.0573 e. The molecule has 2 heteroatoms. The minimum absolute atomic E-state index is 0.890. The largest absolute Gasteiger partial charge is 0.268 e. The molecule has 36 valence electrons. The Labute approximate surface area is 47.5 Å². The zero-order valence-corrected chi connectivity index (χ0v) is 4.61. The molecule has 1 heterocycles.